The van der Waals surface area contributed by atoms with Gasteiger partial charge in [-0.3, -0.25) is 14.4 Å². The summed E-state index contributed by atoms with van der Waals surface area (Å²) in [5.41, 5.74) is 2.89. The maximum absolute atomic E-state index is 13.5. The summed E-state index contributed by atoms with van der Waals surface area (Å²) in [7, 11) is 0. The Morgan fingerprint density at radius 1 is 1.21 bits per heavy atom. The Hall–Kier alpha value is -3.42. The van der Waals surface area contributed by atoms with Crippen molar-refractivity contribution in [2.45, 2.75) is 58.5 Å². The molecule has 172 valence electrons. The zero-order valence-electron chi connectivity index (χ0n) is 19.0. The number of nitrogens with zero attached hydrogens (tertiary/aromatic N) is 3. The van der Waals surface area contributed by atoms with E-state index in [-0.39, 0.29) is 23.4 Å². The molecule has 1 aromatic carbocycles. The average Bonchev–Trinajstić information content (AvgIpc) is 3.26. The maximum atomic E-state index is 13.5. The van der Waals surface area contributed by atoms with Gasteiger partial charge in [0.15, 0.2) is 5.76 Å². The topological polar surface area (TPSA) is 99.5 Å². The van der Waals surface area contributed by atoms with E-state index in [1.165, 1.54) is 0 Å². The molecule has 0 saturated carbocycles. The van der Waals surface area contributed by atoms with E-state index in [4.69, 9.17) is 9.40 Å². The molecule has 5 rings (SSSR count). The molecular weight excluding hydrogens is 420 g/mol. The zero-order valence-corrected chi connectivity index (χ0v) is 19.0. The highest BCUT2D eigenvalue weighted by Gasteiger charge is 2.33. The molecule has 33 heavy (non-hydrogen) atoms. The number of H-pyrrole nitrogens is 1. The fourth-order valence-corrected chi connectivity index (χ4v) is 4.92. The minimum absolute atomic E-state index is 0.0545. The van der Waals surface area contributed by atoms with Gasteiger partial charge in [-0.2, -0.15) is 0 Å². The first-order chi connectivity index (χ1) is 15.9. The van der Waals surface area contributed by atoms with Gasteiger partial charge in [0.25, 0.3) is 11.5 Å². The largest absolute Gasteiger partial charge is 0.451 e. The summed E-state index contributed by atoms with van der Waals surface area (Å²) in [6.45, 7) is 5.27. The van der Waals surface area contributed by atoms with Gasteiger partial charge < -0.3 is 19.2 Å². The number of rotatable bonds is 3. The van der Waals surface area contributed by atoms with Crippen LogP contribution in [-0.2, 0) is 17.8 Å². The van der Waals surface area contributed by atoms with Gasteiger partial charge >= 0.3 is 0 Å². The van der Waals surface area contributed by atoms with E-state index in [9.17, 15) is 14.4 Å². The normalized spacial score (nSPS) is 18.4. The van der Waals surface area contributed by atoms with Gasteiger partial charge in [-0.25, -0.2) is 4.98 Å². The molecule has 0 spiro atoms. The molecule has 1 N–H and O–H groups in total. The van der Waals surface area contributed by atoms with Gasteiger partial charge in [0.05, 0.1) is 18.3 Å². The predicted molar refractivity (Wildman–Crippen MR) is 123 cm³/mol. The number of nitrogens with one attached hydrogen (secondary N) is 1. The van der Waals surface area contributed by atoms with Crippen molar-refractivity contribution in [2.75, 3.05) is 13.1 Å². The maximum Gasteiger partial charge on any atom is 0.290 e. The summed E-state index contributed by atoms with van der Waals surface area (Å²) in [6, 6.07) is 7.28. The molecule has 0 radical (unpaired) electrons. The third-order valence-electron chi connectivity index (χ3n) is 6.71. The predicted octanol–water partition coefficient (Wildman–Crippen LogP) is 3.49. The average molecular weight is 449 g/mol. The second-order valence-corrected chi connectivity index (χ2v) is 8.96. The number of furan rings is 1. The van der Waals surface area contributed by atoms with Crippen molar-refractivity contribution in [3.05, 3.63) is 63.0 Å². The van der Waals surface area contributed by atoms with E-state index < -0.39 is 0 Å². The lowest BCUT2D eigenvalue weighted by atomic mass is 9.99. The first-order valence-electron chi connectivity index (χ1n) is 11.7. The van der Waals surface area contributed by atoms with E-state index in [0.29, 0.717) is 67.3 Å². The van der Waals surface area contributed by atoms with Crippen LogP contribution in [0.25, 0.3) is 11.0 Å². The number of likely N-dealkylation sites (tertiary alicyclic amines) is 1. The molecule has 2 amide bonds. The molecule has 2 aliphatic heterocycles. The van der Waals surface area contributed by atoms with E-state index in [1.807, 2.05) is 32.0 Å². The summed E-state index contributed by atoms with van der Waals surface area (Å²) in [5.74, 6) is 0.641. The van der Waals surface area contributed by atoms with Crippen LogP contribution in [0.15, 0.2) is 33.5 Å². The second kappa shape index (κ2) is 8.50. The van der Waals surface area contributed by atoms with E-state index in [2.05, 4.69) is 4.98 Å². The van der Waals surface area contributed by atoms with Crippen LogP contribution in [0.4, 0.5) is 0 Å². The van der Waals surface area contributed by atoms with Crippen molar-refractivity contribution in [3.8, 4) is 0 Å². The highest BCUT2D eigenvalue weighted by Crippen LogP contribution is 2.32. The number of carbonyl (C=O) groups is 2. The highest BCUT2D eigenvalue weighted by atomic mass is 16.3. The fourth-order valence-electron chi connectivity index (χ4n) is 4.92. The molecule has 4 heterocycles. The second-order valence-electron chi connectivity index (χ2n) is 8.96. The third kappa shape index (κ3) is 3.94. The smallest absolute Gasteiger partial charge is 0.290 e. The molecule has 1 saturated heterocycles. The Labute approximate surface area is 191 Å². The Balaban J connectivity index is 1.47. The monoisotopic (exact) mass is 448 g/mol. The summed E-state index contributed by atoms with van der Waals surface area (Å²) in [4.78, 5) is 49.7. The lowest BCUT2D eigenvalue weighted by molar-refractivity contribution is -0.131. The standard InChI is InChI=1S/C25H28N4O4/c1-3-22(30)28-11-9-17-18(14-28)26-23(27-24(17)31)19-6-4-5-10-29(19)25(32)21-13-16-12-15(2)7-8-20(16)33-21/h7-8,12-13,19H,3-6,9-11,14H2,1-2H3,(H,26,27,31). The van der Waals surface area contributed by atoms with E-state index >= 15 is 0 Å². The van der Waals surface area contributed by atoms with Crippen molar-refractivity contribution in [3.63, 3.8) is 0 Å². The van der Waals surface area contributed by atoms with Gasteiger partial charge in [0.2, 0.25) is 5.91 Å². The summed E-state index contributed by atoms with van der Waals surface area (Å²) in [5, 5.41) is 0.896. The number of benzene rings is 1. The summed E-state index contributed by atoms with van der Waals surface area (Å²) in [6.07, 6.45) is 3.46. The van der Waals surface area contributed by atoms with E-state index in [1.54, 1.807) is 15.9 Å². The molecule has 8 heteroatoms. The molecule has 0 bridgehead atoms. The first-order valence-corrected chi connectivity index (χ1v) is 11.7. The lowest BCUT2D eigenvalue weighted by Crippen LogP contribution is -2.42. The molecule has 2 aliphatic rings. The minimum Gasteiger partial charge on any atom is -0.451 e. The Bertz CT molecular complexity index is 1290. The molecule has 1 fully saturated rings. The van der Waals surface area contributed by atoms with E-state index in [0.717, 1.165) is 23.8 Å². The van der Waals surface area contributed by atoms with Crippen LogP contribution < -0.4 is 5.56 Å². The number of aromatic amines is 1. The molecular formula is C25H28N4O4. The third-order valence-corrected chi connectivity index (χ3v) is 6.71. The lowest BCUT2D eigenvalue weighted by Gasteiger charge is -2.35. The van der Waals surface area contributed by atoms with Gasteiger partial charge in [-0.1, -0.05) is 18.6 Å². The van der Waals surface area contributed by atoms with Crippen molar-refractivity contribution in [1.82, 2.24) is 19.8 Å². The van der Waals surface area contributed by atoms with Gasteiger partial charge in [0.1, 0.15) is 11.4 Å². The Morgan fingerprint density at radius 3 is 2.88 bits per heavy atom. The molecule has 8 nitrogen and oxygen atoms in total. The van der Waals surface area contributed by atoms with Crippen LogP contribution in [-0.4, -0.2) is 44.7 Å². The molecule has 0 aliphatic carbocycles. The first kappa shape index (κ1) is 21.4. The quantitative estimate of drug-likeness (QED) is 0.661. The minimum atomic E-state index is -0.337. The van der Waals surface area contributed by atoms with Crippen LogP contribution in [0.2, 0.25) is 0 Å². The number of hydrogen-bond donors (Lipinski definition) is 1. The summed E-state index contributed by atoms with van der Waals surface area (Å²) < 4.78 is 5.86. The van der Waals surface area contributed by atoms with Crippen LogP contribution in [0, 0.1) is 6.92 Å². The number of aromatic nitrogens is 2. The molecule has 3 aromatic rings. The number of aryl methyl sites for hydroxylation is 1. The van der Waals surface area contributed by atoms with Crippen molar-refractivity contribution < 1.29 is 14.0 Å². The number of carbonyl (C=O) groups excluding carboxylic acids is 2. The van der Waals surface area contributed by atoms with Gasteiger partial charge in [-0.15, -0.1) is 0 Å². The number of amides is 2. The SMILES string of the molecule is CCC(=O)N1CCc2c(nc(C3CCCCN3C(=O)c3cc4cc(C)ccc4o3)[nH]c2=O)C1. The molecule has 1 unspecified atom stereocenters. The van der Waals surface area contributed by atoms with Crippen LogP contribution in [0.5, 0.6) is 0 Å². The van der Waals surface area contributed by atoms with Crippen molar-refractivity contribution in [1.29, 1.82) is 0 Å². The number of piperidine rings is 1. The van der Waals surface area contributed by atoms with Crippen LogP contribution >= 0.6 is 0 Å². The van der Waals surface area contributed by atoms with Crippen LogP contribution in [0.3, 0.4) is 0 Å². The number of fused-ring (bicyclic) bond motifs is 2. The van der Waals surface area contributed by atoms with Crippen LogP contribution in [0.1, 0.15) is 71.8 Å². The van der Waals surface area contributed by atoms with Gasteiger partial charge in [0, 0.05) is 30.5 Å². The number of hydrogen-bond acceptors (Lipinski definition) is 5. The fraction of sp³-hybridized carbons (Fsp3) is 0.440. The van der Waals surface area contributed by atoms with Gasteiger partial charge in [-0.05, 0) is 50.8 Å². The van der Waals surface area contributed by atoms with Crippen molar-refractivity contribution in [2.24, 2.45) is 0 Å². The zero-order chi connectivity index (χ0) is 23.1. The Kier molecular flexibility index (Phi) is 5.52. The molecule has 2 aromatic heterocycles. The highest BCUT2D eigenvalue weighted by molar-refractivity contribution is 5.96. The summed E-state index contributed by atoms with van der Waals surface area (Å²) >= 11 is 0. The Morgan fingerprint density at radius 2 is 2.06 bits per heavy atom. The molecule has 1 atom stereocenters. The van der Waals surface area contributed by atoms with Crippen molar-refractivity contribution >= 4 is 22.8 Å².